The van der Waals surface area contributed by atoms with Crippen molar-refractivity contribution >= 4 is 20.9 Å². The zero-order valence-corrected chi connectivity index (χ0v) is 12.4. The van der Waals surface area contributed by atoms with Gasteiger partial charge in [0, 0.05) is 35.7 Å². The molecular weight excluding hydrogens is 274 g/mol. The number of fused-ring (bicyclic) bond motifs is 1. The van der Waals surface area contributed by atoms with Crippen LogP contribution in [0.1, 0.15) is 18.5 Å². The molecule has 0 aliphatic heterocycles. The van der Waals surface area contributed by atoms with E-state index in [1.807, 2.05) is 42.8 Å². The molecule has 0 spiro atoms. The van der Waals surface area contributed by atoms with E-state index in [-0.39, 0.29) is 12.1 Å². The third-order valence-corrected chi connectivity index (χ3v) is 5.80. The van der Waals surface area contributed by atoms with Gasteiger partial charge in [0.2, 0.25) is 10.0 Å². The molecule has 0 saturated heterocycles. The minimum absolute atomic E-state index is 0.0339. The first-order chi connectivity index (χ1) is 9.40. The third-order valence-electron chi connectivity index (χ3n) is 4.11. The van der Waals surface area contributed by atoms with Gasteiger partial charge in [0.05, 0.1) is 0 Å². The predicted octanol–water partition coefficient (Wildman–Crippen LogP) is 1.25. The molecule has 0 unspecified atom stereocenters. The molecule has 0 bridgehead atoms. The maximum Gasteiger partial charge on any atom is 0.243 e. The quantitative estimate of drug-likeness (QED) is 0.894. The summed E-state index contributed by atoms with van der Waals surface area (Å²) in [5.41, 5.74) is 7.39. The second kappa shape index (κ2) is 4.58. The second-order valence-corrected chi connectivity index (χ2v) is 7.19. The molecule has 5 nitrogen and oxygen atoms in total. The van der Waals surface area contributed by atoms with Gasteiger partial charge in [-0.2, -0.15) is 0 Å². The van der Waals surface area contributed by atoms with Crippen molar-refractivity contribution in [2.45, 2.75) is 36.7 Å². The molecule has 1 heterocycles. The maximum atomic E-state index is 12.6. The first-order valence-electron chi connectivity index (χ1n) is 6.72. The molecule has 20 heavy (non-hydrogen) atoms. The number of para-hydroxylation sites is 1. The van der Waals surface area contributed by atoms with Crippen molar-refractivity contribution < 1.29 is 8.42 Å². The van der Waals surface area contributed by atoms with Gasteiger partial charge in [0.1, 0.15) is 4.90 Å². The summed E-state index contributed by atoms with van der Waals surface area (Å²) < 4.78 is 29.9. The average Bonchev–Trinajstić information content (AvgIpc) is 2.61. The molecule has 0 amide bonds. The van der Waals surface area contributed by atoms with Crippen LogP contribution in [0, 0.1) is 6.92 Å². The van der Waals surface area contributed by atoms with E-state index >= 15 is 0 Å². The molecule has 1 saturated carbocycles. The Morgan fingerprint density at radius 2 is 1.95 bits per heavy atom. The van der Waals surface area contributed by atoms with Crippen LogP contribution in [-0.2, 0) is 17.1 Å². The predicted molar refractivity (Wildman–Crippen MR) is 79.0 cm³/mol. The summed E-state index contributed by atoms with van der Waals surface area (Å²) in [6, 6.07) is 7.64. The number of hydrogen-bond donors (Lipinski definition) is 2. The number of nitrogens with two attached hydrogens (primary N) is 1. The number of rotatable bonds is 3. The first-order valence-corrected chi connectivity index (χ1v) is 8.20. The van der Waals surface area contributed by atoms with Crippen molar-refractivity contribution in [1.82, 2.24) is 9.29 Å². The zero-order valence-electron chi connectivity index (χ0n) is 11.6. The van der Waals surface area contributed by atoms with E-state index in [1.54, 1.807) is 0 Å². The lowest BCUT2D eigenvalue weighted by atomic mass is 9.89. The van der Waals surface area contributed by atoms with Gasteiger partial charge < -0.3 is 10.3 Å². The van der Waals surface area contributed by atoms with Gasteiger partial charge in [0.15, 0.2) is 0 Å². The molecule has 0 atom stereocenters. The SMILES string of the molecule is Cc1c(S(=O)(=O)NC2CC(N)C2)c2ccccc2n1C. The molecule has 1 aromatic carbocycles. The Bertz CT molecular complexity index is 758. The van der Waals surface area contributed by atoms with Crippen LogP contribution in [0.2, 0.25) is 0 Å². The lowest BCUT2D eigenvalue weighted by Crippen LogP contribution is -2.50. The Morgan fingerprint density at radius 1 is 1.30 bits per heavy atom. The number of benzene rings is 1. The van der Waals surface area contributed by atoms with Crippen LogP contribution in [0.25, 0.3) is 10.9 Å². The highest BCUT2D eigenvalue weighted by atomic mass is 32.2. The number of nitrogens with one attached hydrogen (secondary N) is 1. The number of aryl methyl sites for hydroxylation is 1. The van der Waals surface area contributed by atoms with Crippen LogP contribution in [0.3, 0.4) is 0 Å². The van der Waals surface area contributed by atoms with Crippen molar-refractivity contribution in [1.29, 1.82) is 0 Å². The summed E-state index contributed by atoms with van der Waals surface area (Å²) >= 11 is 0. The number of sulfonamides is 1. The number of aromatic nitrogens is 1. The highest BCUT2D eigenvalue weighted by molar-refractivity contribution is 7.89. The van der Waals surface area contributed by atoms with Crippen molar-refractivity contribution in [2.24, 2.45) is 12.8 Å². The fourth-order valence-electron chi connectivity index (χ4n) is 2.86. The Morgan fingerprint density at radius 3 is 2.60 bits per heavy atom. The second-order valence-electron chi connectivity index (χ2n) is 5.54. The minimum Gasteiger partial charge on any atom is -0.347 e. The van der Waals surface area contributed by atoms with E-state index in [9.17, 15) is 8.42 Å². The summed E-state index contributed by atoms with van der Waals surface area (Å²) in [5.74, 6) is 0. The Balaban J connectivity index is 2.07. The summed E-state index contributed by atoms with van der Waals surface area (Å²) in [6.45, 7) is 1.83. The standard InChI is InChI=1S/C14H19N3O2S/c1-9-14(12-5-3-4-6-13(12)17(9)2)20(18,19)16-11-7-10(15)8-11/h3-6,10-11,16H,7-8,15H2,1-2H3. The van der Waals surface area contributed by atoms with Crippen LogP contribution in [-0.4, -0.2) is 25.1 Å². The molecule has 0 radical (unpaired) electrons. The molecular formula is C14H19N3O2S. The molecule has 6 heteroatoms. The van der Waals surface area contributed by atoms with E-state index in [2.05, 4.69) is 4.72 Å². The van der Waals surface area contributed by atoms with Crippen molar-refractivity contribution in [3.8, 4) is 0 Å². The summed E-state index contributed by atoms with van der Waals surface area (Å²) in [5, 5.41) is 0.767. The Kier molecular flexibility index (Phi) is 3.12. The molecule has 2 aromatic rings. The van der Waals surface area contributed by atoms with Gasteiger partial charge in [-0.25, -0.2) is 13.1 Å². The van der Waals surface area contributed by atoms with Crippen molar-refractivity contribution in [3.05, 3.63) is 30.0 Å². The topological polar surface area (TPSA) is 77.1 Å². The van der Waals surface area contributed by atoms with Crippen LogP contribution >= 0.6 is 0 Å². The lowest BCUT2D eigenvalue weighted by molar-refractivity contribution is 0.327. The highest BCUT2D eigenvalue weighted by Crippen LogP contribution is 2.30. The van der Waals surface area contributed by atoms with Gasteiger partial charge in [-0.05, 0) is 25.8 Å². The highest BCUT2D eigenvalue weighted by Gasteiger charge is 2.32. The van der Waals surface area contributed by atoms with Gasteiger partial charge >= 0.3 is 0 Å². The normalized spacial score (nSPS) is 22.9. The molecule has 108 valence electrons. The molecule has 3 N–H and O–H groups in total. The van der Waals surface area contributed by atoms with Crippen LogP contribution in [0.5, 0.6) is 0 Å². The van der Waals surface area contributed by atoms with Crippen LogP contribution in [0.15, 0.2) is 29.2 Å². The fraction of sp³-hybridized carbons (Fsp3) is 0.429. The minimum atomic E-state index is -3.51. The molecule has 1 aliphatic rings. The largest absolute Gasteiger partial charge is 0.347 e. The van der Waals surface area contributed by atoms with E-state index in [0.29, 0.717) is 17.7 Å². The van der Waals surface area contributed by atoms with Gasteiger partial charge in [-0.15, -0.1) is 0 Å². The van der Waals surface area contributed by atoms with E-state index in [0.717, 1.165) is 16.6 Å². The maximum absolute atomic E-state index is 12.6. The van der Waals surface area contributed by atoms with Crippen LogP contribution < -0.4 is 10.5 Å². The van der Waals surface area contributed by atoms with Crippen LogP contribution in [0.4, 0.5) is 0 Å². The summed E-state index contributed by atoms with van der Waals surface area (Å²) in [4.78, 5) is 0.385. The van der Waals surface area contributed by atoms with Gasteiger partial charge in [0.25, 0.3) is 0 Å². The molecule has 3 rings (SSSR count). The van der Waals surface area contributed by atoms with Gasteiger partial charge in [-0.1, -0.05) is 18.2 Å². The smallest absolute Gasteiger partial charge is 0.243 e. The first kappa shape index (κ1) is 13.6. The molecule has 1 aliphatic carbocycles. The van der Waals surface area contributed by atoms with Crippen molar-refractivity contribution in [3.63, 3.8) is 0 Å². The third kappa shape index (κ3) is 2.04. The molecule has 1 fully saturated rings. The fourth-order valence-corrected chi connectivity index (χ4v) is 4.60. The van der Waals surface area contributed by atoms with Crippen molar-refractivity contribution in [2.75, 3.05) is 0 Å². The molecule has 1 aromatic heterocycles. The Labute approximate surface area is 118 Å². The lowest BCUT2D eigenvalue weighted by Gasteiger charge is -2.32. The van der Waals surface area contributed by atoms with E-state index in [1.165, 1.54) is 0 Å². The number of nitrogens with zero attached hydrogens (tertiary/aromatic N) is 1. The summed E-state index contributed by atoms with van der Waals surface area (Å²) in [6.07, 6.45) is 1.42. The average molecular weight is 293 g/mol. The van der Waals surface area contributed by atoms with E-state index in [4.69, 9.17) is 5.73 Å². The monoisotopic (exact) mass is 293 g/mol. The summed E-state index contributed by atoms with van der Waals surface area (Å²) in [7, 11) is -1.62. The number of hydrogen-bond acceptors (Lipinski definition) is 3. The van der Waals surface area contributed by atoms with Gasteiger partial charge in [-0.3, -0.25) is 0 Å². The van der Waals surface area contributed by atoms with E-state index < -0.39 is 10.0 Å². The Hall–Kier alpha value is -1.37. The zero-order chi connectivity index (χ0) is 14.5.